The van der Waals surface area contributed by atoms with Gasteiger partial charge in [0.05, 0.1) is 12.6 Å². The van der Waals surface area contributed by atoms with Crippen LogP contribution in [0.4, 0.5) is 0 Å². The van der Waals surface area contributed by atoms with Crippen molar-refractivity contribution in [3.05, 3.63) is 23.7 Å². The SMILES string of the molecule is CCN(C)C(=O)C(C)NCc1ccc(CO)o1. The molecule has 17 heavy (non-hydrogen) atoms. The maximum absolute atomic E-state index is 11.7. The molecule has 1 atom stereocenters. The van der Waals surface area contributed by atoms with E-state index < -0.39 is 0 Å². The molecule has 0 saturated carbocycles. The lowest BCUT2D eigenvalue weighted by Gasteiger charge is -2.20. The average molecular weight is 240 g/mol. The van der Waals surface area contributed by atoms with Crippen molar-refractivity contribution in [2.75, 3.05) is 13.6 Å². The van der Waals surface area contributed by atoms with Crippen LogP contribution in [0.2, 0.25) is 0 Å². The number of carbonyl (C=O) groups excluding carboxylic acids is 1. The molecule has 0 saturated heterocycles. The number of likely N-dealkylation sites (N-methyl/N-ethyl adjacent to an activating group) is 1. The minimum absolute atomic E-state index is 0.0569. The van der Waals surface area contributed by atoms with Crippen LogP contribution in [0, 0.1) is 0 Å². The highest BCUT2D eigenvalue weighted by atomic mass is 16.4. The van der Waals surface area contributed by atoms with Crippen molar-refractivity contribution in [3.8, 4) is 0 Å². The lowest BCUT2D eigenvalue weighted by atomic mass is 10.3. The standard InChI is InChI=1S/C12H20N2O3/c1-4-14(3)12(16)9(2)13-7-10-5-6-11(8-15)17-10/h5-6,9,13,15H,4,7-8H2,1-3H3. The lowest BCUT2D eigenvalue weighted by Crippen LogP contribution is -2.42. The second-order valence-corrected chi connectivity index (χ2v) is 3.98. The van der Waals surface area contributed by atoms with Crippen molar-refractivity contribution in [2.45, 2.75) is 33.0 Å². The molecule has 2 N–H and O–H groups in total. The van der Waals surface area contributed by atoms with Crippen molar-refractivity contribution < 1.29 is 14.3 Å². The van der Waals surface area contributed by atoms with Crippen LogP contribution in [-0.4, -0.2) is 35.5 Å². The molecular formula is C12H20N2O3. The molecule has 1 unspecified atom stereocenters. The zero-order chi connectivity index (χ0) is 12.8. The summed E-state index contributed by atoms with van der Waals surface area (Å²) in [5.74, 6) is 1.31. The first-order valence-electron chi connectivity index (χ1n) is 5.75. The maximum Gasteiger partial charge on any atom is 0.239 e. The predicted molar refractivity (Wildman–Crippen MR) is 64.2 cm³/mol. The number of aliphatic hydroxyl groups excluding tert-OH is 1. The molecule has 1 heterocycles. The third-order valence-electron chi connectivity index (χ3n) is 2.68. The van der Waals surface area contributed by atoms with Crippen LogP contribution in [0.1, 0.15) is 25.4 Å². The van der Waals surface area contributed by atoms with Gasteiger partial charge in [-0.3, -0.25) is 10.1 Å². The Balaban J connectivity index is 2.42. The van der Waals surface area contributed by atoms with Crippen LogP contribution in [-0.2, 0) is 17.9 Å². The van der Waals surface area contributed by atoms with Crippen LogP contribution >= 0.6 is 0 Å². The van der Waals surface area contributed by atoms with Crippen molar-refractivity contribution >= 4 is 5.91 Å². The van der Waals surface area contributed by atoms with E-state index in [-0.39, 0.29) is 18.6 Å². The first-order chi connectivity index (χ1) is 8.08. The van der Waals surface area contributed by atoms with E-state index in [1.807, 2.05) is 13.8 Å². The molecule has 1 rings (SSSR count). The second-order valence-electron chi connectivity index (χ2n) is 3.98. The Morgan fingerprint density at radius 3 is 2.71 bits per heavy atom. The Hall–Kier alpha value is -1.33. The van der Waals surface area contributed by atoms with Gasteiger partial charge in [0, 0.05) is 13.6 Å². The van der Waals surface area contributed by atoms with E-state index in [1.165, 1.54) is 0 Å². The number of hydrogen-bond donors (Lipinski definition) is 2. The van der Waals surface area contributed by atoms with Gasteiger partial charge < -0.3 is 14.4 Å². The molecule has 0 aliphatic heterocycles. The molecule has 1 aromatic rings. The highest BCUT2D eigenvalue weighted by Crippen LogP contribution is 2.07. The molecule has 1 amide bonds. The zero-order valence-electron chi connectivity index (χ0n) is 10.6. The topological polar surface area (TPSA) is 65.7 Å². The van der Waals surface area contributed by atoms with E-state index in [0.717, 1.165) is 0 Å². The Kier molecular flexibility index (Phi) is 5.18. The quantitative estimate of drug-likeness (QED) is 0.769. The summed E-state index contributed by atoms with van der Waals surface area (Å²) in [6, 6.07) is 3.27. The Labute approximate surface area is 101 Å². The number of amides is 1. The lowest BCUT2D eigenvalue weighted by molar-refractivity contribution is -0.131. The van der Waals surface area contributed by atoms with Gasteiger partial charge in [0.2, 0.25) is 5.91 Å². The minimum atomic E-state index is -0.248. The summed E-state index contributed by atoms with van der Waals surface area (Å²) in [6.07, 6.45) is 0. The summed E-state index contributed by atoms with van der Waals surface area (Å²) in [4.78, 5) is 13.4. The van der Waals surface area contributed by atoms with Gasteiger partial charge in [0.15, 0.2) is 0 Å². The Morgan fingerprint density at radius 2 is 2.18 bits per heavy atom. The van der Waals surface area contributed by atoms with E-state index in [4.69, 9.17) is 9.52 Å². The molecule has 0 radical (unpaired) electrons. The summed E-state index contributed by atoms with van der Waals surface area (Å²) in [5.41, 5.74) is 0. The number of rotatable bonds is 6. The normalized spacial score (nSPS) is 12.5. The molecule has 1 aromatic heterocycles. The fourth-order valence-corrected chi connectivity index (χ4v) is 1.43. The first kappa shape index (κ1) is 13.7. The van der Waals surface area contributed by atoms with Crippen LogP contribution in [0.25, 0.3) is 0 Å². The Morgan fingerprint density at radius 1 is 1.53 bits per heavy atom. The van der Waals surface area contributed by atoms with Crippen molar-refractivity contribution in [1.82, 2.24) is 10.2 Å². The average Bonchev–Trinajstić information content (AvgIpc) is 2.81. The molecule has 0 aromatic carbocycles. The minimum Gasteiger partial charge on any atom is -0.462 e. The second kappa shape index (κ2) is 6.42. The summed E-state index contributed by atoms with van der Waals surface area (Å²) in [5, 5.41) is 11.9. The third-order valence-corrected chi connectivity index (χ3v) is 2.68. The third kappa shape index (κ3) is 3.87. The smallest absolute Gasteiger partial charge is 0.239 e. The summed E-state index contributed by atoms with van der Waals surface area (Å²) >= 11 is 0. The van der Waals surface area contributed by atoms with Gasteiger partial charge in [0.25, 0.3) is 0 Å². The molecule has 0 bridgehead atoms. The summed E-state index contributed by atoms with van der Waals surface area (Å²) in [6.45, 7) is 4.83. The van der Waals surface area contributed by atoms with Gasteiger partial charge in [-0.2, -0.15) is 0 Å². The van der Waals surface area contributed by atoms with Crippen LogP contribution in [0.5, 0.6) is 0 Å². The van der Waals surface area contributed by atoms with Gasteiger partial charge in [-0.1, -0.05) is 0 Å². The first-order valence-corrected chi connectivity index (χ1v) is 5.75. The number of aliphatic hydroxyl groups is 1. The Bertz CT molecular complexity index is 362. The highest BCUT2D eigenvalue weighted by Gasteiger charge is 2.15. The molecule has 5 nitrogen and oxygen atoms in total. The molecule has 0 spiro atoms. The van der Waals surface area contributed by atoms with Crippen LogP contribution in [0.3, 0.4) is 0 Å². The van der Waals surface area contributed by atoms with Crippen LogP contribution < -0.4 is 5.32 Å². The molecule has 0 fully saturated rings. The number of hydrogen-bond acceptors (Lipinski definition) is 4. The van der Waals surface area contributed by atoms with Crippen molar-refractivity contribution in [2.24, 2.45) is 0 Å². The highest BCUT2D eigenvalue weighted by molar-refractivity contribution is 5.81. The summed E-state index contributed by atoms with van der Waals surface area (Å²) < 4.78 is 5.31. The summed E-state index contributed by atoms with van der Waals surface area (Å²) in [7, 11) is 1.78. The molecule has 0 aliphatic rings. The van der Waals surface area contributed by atoms with Gasteiger partial charge >= 0.3 is 0 Å². The van der Waals surface area contributed by atoms with E-state index in [9.17, 15) is 4.79 Å². The monoisotopic (exact) mass is 240 g/mol. The molecule has 96 valence electrons. The van der Waals surface area contributed by atoms with Crippen molar-refractivity contribution in [3.63, 3.8) is 0 Å². The van der Waals surface area contributed by atoms with Crippen molar-refractivity contribution in [1.29, 1.82) is 0 Å². The zero-order valence-corrected chi connectivity index (χ0v) is 10.6. The number of carbonyl (C=O) groups is 1. The van der Waals surface area contributed by atoms with E-state index in [1.54, 1.807) is 24.1 Å². The van der Waals surface area contributed by atoms with Gasteiger partial charge in [-0.25, -0.2) is 0 Å². The molecular weight excluding hydrogens is 220 g/mol. The van der Waals surface area contributed by atoms with E-state index >= 15 is 0 Å². The number of furan rings is 1. The molecule has 5 heteroatoms. The van der Waals surface area contributed by atoms with Gasteiger partial charge in [-0.05, 0) is 26.0 Å². The van der Waals surface area contributed by atoms with E-state index in [0.29, 0.717) is 24.6 Å². The number of nitrogens with zero attached hydrogens (tertiary/aromatic N) is 1. The van der Waals surface area contributed by atoms with Gasteiger partial charge in [0.1, 0.15) is 18.1 Å². The fraction of sp³-hybridized carbons (Fsp3) is 0.583. The van der Waals surface area contributed by atoms with Gasteiger partial charge in [-0.15, -0.1) is 0 Å². The molecule has 0 aliphatic carbocycles. The fourth-order valence-electron chi connectivity index (χ4n) is 1.43. The predicted octanol–water partition coefficient (Wildman–Crippen LogP) is 0.728. The maximum atomic E-state index is 11.7. The van der Waals surface area contributed by atoms with E-state index in [2.05, 4.69) is 5.32 Å². The number of nitrogens with one attached hydrogen (secondary N) is 1. The largest absolute Gasteiger partial charge is 0.462 e. The van der Waals surface area contributed by atoms with Crippen LogP contribution in [0.15, 0.2) is 16.5 Å².